The highest BCUT2D eigenvalue weighted by Crippen LogP contribution is 2.23. The minimum atomic E-state index is -1.18. The lowest BCUT2D eigenvalue weighted by Crippen LogP contribution is -2.55. The second kappa shape index (κ2) is 14.9. The van der Waals surface area contributed by atoms with Crippen molar-refractivity contribution in [1.29, 1.82) is 0 Å². The van der Waals surface area contributed by atoms with E-state index in [1.807, 2.05) is 77.8 Å². The lowest BCUT2D eigenvalue weighted by atomic mass is 10.1. The van der Waals surface area contributed by atoms with Crippen LogP contribution < -0.4 is 15.4 Å². The van der Waals surface area contributed by atoms with Crippen molar-refractivity contribution in [1.82, 2.24) is 34.9 Å². The maximum Gasteiger partial charge on any atom is 0.254 e. The average molecular weight is 628 g/mol. The van der Waals surface area contributed by atoms with Crippen molar-refractivity contribution in [3.05, 3.63) is 89.5 Å². The number of aromatic nitrogens is 4. The maximum absolute atomic E-state index is 13.8. The molecule has 1 aliphatic rings. The number of amides is 3. The fourth-order valence-corrected chi connectivity index (χ4v) is 5.53. The Kier molecular flexibility index (Phi) is 10.5. The van der Waals surface area contributed by atoms with Crippen LogP contribution in [0, 0.1) is 13.8 Å². The number of hydrogen-bond donors (Lipinski definition) is 3. The Morgan fingerprint density at radius 3 is 2.70 bits per heavy atom. The number of aliphatic hydroxyl groups excluding tert-OH is 1. The van der Waals surface area contributed by atoms with Crippen LogP contribution in [0.4, 0.5) is 0 Å². The minimum absolute atomic E-state index is 0.226. The fourth-order valence-electron chi connectivity index (χ4n) is 5.53. The summed E-state index contributed by atoms with van der Waals surface area (Å²) >= 11 is 0. The fraction of sp³-hybridized carbons (Fsp3) is 0.382. The van der Waals surface area contributed by atoms with Gasteiger partial charge in [0.2, 0.25) is 11.8 Å². The molecule has 3 amide bonds. The maximum atomic E-state index is 13.8. The quantitative estimate of drug-likeness (QED) is 0.316. The number of imidazole rings is 1. The third-order valence-corrected chi connectivity index (χ3v) is 7.84. The molecule has 12 heteroatoms. The van der Waals surface area contributed by atoms with E-state index in [4.69, 9.17) is 4.74 Å². The first kappa shape index (κ1) is 32.4. The van der Waals surface area contributed by atoms with Gasteiger partial charge in [-0.3, -0.25) is 19.1 Å². The highest BCUT2D eigenvalue weighted by molar-refractivity contribution is 5.97. The van der Waals surface area contributed by atoms with Gasteiger partial charge >= 0.3 is 0 Å². The Balaban J connectivity index is 1.37. The van der Waals surface area contributed by atoms with Crippen molar-refractivity contribution in [3.63, 3.8) is 0 Å². The third kappa shape index (κ3) is 8.19. The highest BCUT2D eigenvalue weighted by Gasteiger charge is 2.27. The van der Waals surface area contributed by atoms with E-state index in [1.165, 1.54) is 11.8 Å². The molecule has 1 aliphatic heterocycles. The summed E-state index contributed by atoms with van der Waals surface area (Å²) in [5.74, 6) is 0.0685. The molecular formula is C34H41N7O5. The summed E-state index contributed by atoms with van der Waals surface area (Å²) in [6, 6.07) is 15.8. The lowest BCUT2D eigenvalue weighted by Gasteiger charge is -2.25. The molecule has 0 radical (unpaired) electrons. The van der Waals surface area contributed by atoms with Crippen LogP contribution in [-0.2, 0) is 22.7 Å². The van der Waals surface area contributed by atoms with E-state index < -0.39 is 24.0 Å². The number of nitrogens with zero attached hydrogens (tertiary/aromatic N) is 5. The van der Waals surface area contributed by atoms with E-state index in [0.717, 1.165) is 28.3 Å². The van der Waals surface area contributed by atoms with Gasteiger partial charge in [-0.05, 0) is 69.5 Å². The predicted octanol–water partition coefficient (Wildman–Crippen LogP) is 2.71. The molecule has 0 unspecified atom stereocenters. The van der Waals surface area contributed by atoms with Gasteiger partial charge in [-0.2, -0.15) is 5.10 Å². The van der Waals surface area contributed by atoms with Gasteiger partial charge in [0.1, 0.15) is 17.6 Å². The Hall–Kier alpha value is -4.97. The Morgan fingerprint density at radius 2 is 1.91 bits per heavy atom. The van der Waals surface area contributed by atoms with Crippen LogP contribution in [0.5, 0.6) is 5.75 Å². The number of rotatable bonds is 4. The zero-order valence-electron chi connectivity index (χ0n) is 26.5. The van der Waals surface area contributed by atoms with E-state index in [-0.39, 0.29) is 19.0 Å². The summed E-state index contributed by atoms with van der Waals surface area (Å²) < 4.78 is 9.94. The van der Waals surface area contributed by atoms with Crippen LogP contribution in [0.25, 0.3) is 11.4 Å². The van der Waals surface area contributed by atoms with Crippen LogP contribution in [0.3, 0.4) is 0 Å². The van der Waals surface area contributed by atoms with Gasteiger partial charge in [0.05, 0.1) is 31.5 Å². The van der Waals surface area contributed by atoms with Crippen LogP contribution >= 0.6 is 0 Å². The molecule has 0 fully saturated rings. The lowest BCUT2D eigenvalue weighted by molar-refractivity contribution is -0.131. The zero-order chi connectivity index (χ0) is 32.6. The Morgan fingerprint density at radius 1 is 1.09 bits per heavy atom. The molecule has 0 saturated heterocycles. The van der Waals surface area contributed by atoms with Gasteiger partial charge in [-0.25, -0.2) is 4.98 Å². The van der Waals surface area contributed by atoms with Gasteiger partial charge < -0.3 is 29.9 Å². The molecule has 2 aromatic heterocycles. The molecule has 2 atom stereocenters. The number of carbonyl (C=O) groups is 3. The highest BCUT2D eigenvalue weighted by atomic mass is 16.5. The smallest absolute Gasteiger partial charge is 0.254 e. The molecular weight excluding hydrogens is 586 g/mol. The van der Waals surface area contributed by atoms with E-state index >= 15 is 0 Å². The first-order chi connectivity index (χ1) is 22.2. The molecule has 0 aliphatic carbocycles. The first-order valence-electron chi connectivity index (χ1n) is 15.6. The van der Waals surface area contributed by atoms with Crippen molar-refractivity contribution in [3.8, 4) is 17.1 Å². The molecule has 46 heavy (non-hydrogen) atoms. The van der Waals surface area contributed by atoms with Crippen LogP contribution in [-0.4, -0.2) is 85.4 Å². The van der Waals surface area contributed by atoms with Crippen molar-refractivity contribution in [2.24, 2.45) is 0 Å². The topological polar surface area (TPSA) is 144 Å². The van der Waals surface area contributed by atoms with Crippen LogP contribution in [0.2, 0.25) is 0 Å². The number of benzene rings is 2. The van der Waals surface area contributed by atoms with Gasteiger partial charge in [0.15, 0.2) is 0 Å². The number of ether oxygens (including phenoxy) is 1. The molecule has 3 N–H and O–H groups in total. The van der Waals surface area contributed by atoms with Gasteiger partial charge in [-0.1, -0.05) is 24.3 Å². The first-order valence-corrected chi connectivity index (χ1v) is 15.6. The molecule has 3 heterocycles. The van der Waals surface area contributed by atoms with Crippen molar-refractivity contribution < 1.29 is 24.2 Å². The van der Waals surface area contributed by atoms with Gasteiger partial charge in [0.25, 0.3) is 5.91 Å². The second-order valence-corrected chi connectivity index (χ2v) is 11.6. The summed E-state index contributed by atoms with van der Waals surface area (Å²) in [6.07, 6.45) is 3.52. The summed E-state index contributed by atoms with van der Waals surface area (Å²) in [7, 11) is 0. The van der Waals surface area contributed by atoms with Crippen molar-refractivity contribution >= 4 is 17.7 Å². The summed E-state index contributed by atoms with van der Waals surface area (Å²) in [6.45, 7) is 7.03. The molecule has 242 valence electrons. The zero-order valence-corrected chi connectivity index (χ0v) is 26.5. The SMILES string of the molecule is Cc1cc(C)n(Cc2cccc(C(=O)N3CCCOc4cccc(c4)-c4nccn4CCCNC(=O)[C@H]([C@@H](C)O)NC(=O)C3)c2)n1. The third-order valence-electron chi connectivity index (χ3n) is 7.84. The molecule has 4 aromatic rings. The van der Waals surface area contributed by atoms with E-state index in [0.29, 0.717) is 50.4 Å². The minimum Gasteiger partial charge on any atom is -0.494 e. The van der Waals surface area contributed by atoms with E-state index in [9.17, 15) is 19.5 Å². The molecule has 2 bridgehead atoms. The van der Waals surface area contributed by atoms with E-state index in [1.54, 1.807) is 12.3 Å². The van der Waals surface area contributed by atoms with Crippen molar-refractivity contribution in [2.75, 3.05) is 26.2 Å². The number of fused-ring (bicyclic) bond motifs is 4. The molecule has 0 spiro atoms. The second-order valence-electron chi connectivity index (χ2n) is 11.6. The Labute approximate surface area is 268 Å². The average Bonchev–Trinajstić information content (AvgIpc) is 3.63. The van der Waals surface area contributed by atoms with Crippen LogP contribution in [0.1, 0.15) is 47.1 Å². The molecule has 5 rings (SSSR count). The summed E-state index contributed by atoms with van der Waals surface area (Å²) in [5.41, 5.74) is 4.15. The largest absolute Gasteiger partial charge is 0.494 e. The number of aliphatic hydroxyl groups is 1. The number of hydrogen-bond acceptors (Lipinski definition) is 7. The van der Waals surface area contributed by atoms with Gasteiger partial charge in [-0.15, -0.1) is 0 Å². The van der Waals surface area contributed by atoms with Crippen LogP contribution in [0.15, 0.2) is 67.0 Å². The van der Waals surface area contributed by atoms with Gasteiger partial charge in [0, 0.05) is 48.8 Å². The predicted molar refractivity (Wildman–Crippen MR) is 172 cm³/mol. The normalized spacial score (nSPS) is 17.4. The molecule has 2 aromatic carbocycles. The summed E-state index contributed by atoms with van der Waals surface area (Å²) in [4.78, 5) is 46.0. The number of carbonyl (C=O) groups excluding carboxylic acids is 3. The number of aryl methyl sites for hydroxylation is 3. The van der Waals surface area contributed by atoms with Crippen molar-refractivity contribution in [2.45, 2.75) is 58.8 Å². The monoisotopic (exact) mass is 627 g/mol. The number of nitrogens with one attached hydrogen (secondary N) is 2. The molecule has 12 nitrogen and oxygen atoms in total. The summed E-state index contributed by atoms with van der Waals surface area (Å²) in [5, 5.41) is 20.3. The Bertz CT molecular complexity index is 1680. The van der Waals surface area contributed by atoms with E-state index in [2.05, 4.69) is 20.7 Å². The standard InChI is InChI=1S/C34H41N7O5/c1-23-18-24(2)41(38-23)21-26-8-4-10-28(19-26)34(45)40-15-7-17-46-29-11-5-9-27(20-29)32-35-13-16-39(32)14-6-12-36-33(44)31(25(3)42)37-30(43)22-40/h4-5,8-11,13,16,18-20,25,31,42H,6-7,12,14-15,17,21-22H2,1-3H3,(H,36,44)(H,37,43)/t25-,31+/m1/s1. The molecule has 0 saturated carbocycles.